The summed E-state index contributed by atoms with van der Waals surface area (Å²) in [6.45, 7) is 3.26. The van der Waals surface area contributed by atoms with Crippen LogP contribution in [-0.2, 0) is 0 Å². The zero-order valence-corrected chi connectivity index (χ0v) is 5.65. The van der Waals surface area contributed by atoms with E-state index in [4.69, 9.17) is 10.8 Å². The first-order valence-corrected chi connectivity index (χ1v) is 2.42. The fourth-order valence-corrected chi connectivity index (χ4v) is 0. The van der Waals surface area contributed by atoms with Crippen LogP contribution in [0, 0.1) is 10.8 Å². The summed E-state index contributed by atoms with van der Waals surface area (Å²) in [5.74, 6) is 0. The molecule has 0 aliphatic carbocycles. The molecule has 0 saturated carbocycles. The Morgan fingerprint density at radius 2 is 1.50 bits per heavy atom. The molecule has 0 rings (SSSR count). The van der Waals surface area contributed by atoms with Crippen molar-refractivity contribution in [2.75, 3.05) is 20.6 Å². The molecule has 0 heterocycles. The van der Waals surface area contributed by atoms with Crippen molar-refractivity contribution in [2.45, 2.75) is 6.92 Å². The molecule has 0 atom stereocenters. The molecule has 48 valence electrons. The van der Waals surface area contributed by atoms with Crippen LogP contribution in [0.1, 0.15) is 6.92 Å². The minimum Gasteiger partial charge on any atom is -0.310 e. The second kappa shape index (κ2) is 9.60. The van der Waals surface area contributed by atoms with Crippen LogP contribution in [0.15, 0.2) is 0 Å². The van der Waals surface area contributed by atoms with Gasteiger partial charge in [-0.25, -0.2) is 10.8 Å². The predicted molar refractivity (Wildman–Crippen MR) is 34.7 cm³/mol. The molecule has 3 heteroatoms. The minimum absolute atomic E-state index is 1.14. The molecule has 3 nitrogen and oxygen atoms in total. The first kappa shape index (κ1) is 10.3. The average molecular weight is 115 g/mol. The molecule has 0 aromatic heterocycles. The predicted octanol–water partition coefficient (Wildman–Crippen LogP) is 0.886. The van der Waals surface area contributed by atoms with E-state index in [-0.39, 0.29) is 0 Å². The van der Waals surface area contributed by atoms with Gasteiger partial charge in [0.2, 0.25) is 0 Å². The highest BCUT2D eigenvalue weighted by atomic mass is 15.0. The zero-order chi connectivity index (χ0) is 6.99. The van der Waals surface area contributed by atoms with E-state index in [0.717, 1.165) is 6.54 Å². The number of nitrogens with one attached hydrogen (secondary N) is 2. The highest BCUT2D eigenvalue weighted by Crippen LogP contribution is 1.63. The van der Waals surface area contributed by atoms with E-state index in [0.29, 0.717) is 0 Å². The summed E-state index contributed by atoms with van der Waals surface area (Å²) in [6, 6.07) is 1.25. The van der Waals surface area contributed by atoms with Crippen molar-refractivity contribution >= 4 is 6.01 Å². The molecule has 0 spiro atoms. The van der Waals surface area contributed by atoms with Gasteiger partial charge < -0.3 is 4.90 Å². The number of hydrogen-bond donors (Lipinski definition) is 2. The third kappa shape index (κ3) is 56.0. The van der Waals surface area contributed by atoms with Gasteiger partial charge in [-0.1, -0.05) is 6.92 Å². The van der Waals surface area contributed by atoms with Gasteiger partial charge in [0.1, 0.15) is 0 Å². The quantitative estimate of drug-likeness (QED) is 0.490. The summed E-state index contributed by atoms with van der Waals surface area (Å²) in [5, 5.41) is 11.2. The SMILES string of the molecule is CCN(C)C.N=C=N. The summed E-state index contributed by atoms with van der Waals surface area (Å²) in [4.78, 5) is 2.12. The van der Waals surface area contributed by atoms with Crippen molar-refractivity contribution in [3.63, 3.8) is 0 Å². The standard InChI is InChI=1S/C4H11N.CH2N2/c1-4-5(2)3;2-1-3/h4H2,1-3H3;2-3H. The van der Waals surface area contributed by atoms with Crippen molar-refractivity contribution in [3.8, 4) is 0 Å². The maximum atomic E-state index is 5.62. The topological polar surface area (TPSA) is 50.9 Å². The van der Waals surface area contributed by atoms with Gasteiger partial charge in [0.25, 0.3) is 0 Å². The van der Waals surface area contributed by atoms with Crippen LogP contribution in [0.2, 0.25) is 0 Å². The van der Waals surface area contributed by atoms with Crippen molar-refractivity contribution in [2.24, 2.45) is 0 Å². The maximum Gasteiger partial charge on any atom is 0.0831 e. The Morgan fingerprint density at radius 1 is 1.38 bits per heavy atom. The molecular weight excluding hydrogens is 102 g/mol. The zero-order valence-electron chi connectivity index (χ0n) is 5.65. The Hall–Kier alpha value is -0.660. The Labute approximate surface area is 50.3 Å². The molecule has 0 aliphatic heterocycles. The molecule has 0 aromatic rings. The molecule has 0 saturated heterocycles. The Kier molecular flexibility index (Phi) is 12.4. The van der Waals surface area contributed by atoms with Crippen molar-refractivity contribution in [1.29, 1.82) is 10.8 Å². The van der Waals surface area contributed by atoms with Crippen LogP contribution in [0.4, 0.5) is 0 Å². The third-order valence-electron chi connectivity index (χ3n) is 0.632. The largest absolute Gasteiger partial charge is 0.310 e. The van der Waals surface area contributed by atoms with E-state index in [9.17, 15) is 0 Å². The van der Waals surface area contributed by atoms with E-state index in [2.05, 4.69) is 25.9 Å². The van der Waals surface area contributed by atoms with E-state index in [1.807, 2.05) is 0 Å². The monoisotopic (exact) mass is 115 g/mol. The van der Waals surface area contributed by atoms with E-state index >= 15 is 0 Å². The lowest BCUT2D eigenvalue weighted by Crippen LogP contribution is -2.08. The molecule has 0 aliphatic rings. The summed E-state index contributed by atoms with van der Waals surface area (Å²) < 4.78 is 0. The minimum atomic E-state index is 1.14. The van der Waals surface area contributed by atoms with Crippen LogP contribution in [0.5, 0.6) is 0 Å². The smallest absolute Gasteiger partial charge is 0.0831 e. The number of rotatable bonds is 1. The fraction of sp³-hybridized carbons (Fsp3) is 0.800. The van der Waals surface area contributed by atoms with Crippen LogP contribution in [0.25, 0.3) is 0 Å². The highest BCUT2D eigenvalue weighted by Gasteiger charge is 1.72. The average Bonchev–Trinajstić information content (AvgIpc) is 1.69. The number of nitrogens with zero attached hydrogens (tertiary/aromatic N) is 1. The summed E-state index contributed by atoms with van der Waals surface area (Å²) in [7, 11) is 4.11. The lowest BCUT2D eigenvalue weighted by Gasteiger charge is -2.00. The van der Waals surface area contributed by atoms with Gasteiger partial charge >= 0.3 is 0 Å². The van der Waals surface area contributed by atoms with Crippen molar-refractivity contribution in [1.82, 2.24) is 4.90 Å². The summed E-state index contributed by atoms with van der Waals surface area (Å²) in [5.41, 5.74) is 0. The Bertz CT molecular complexity index is 62.1. The van der Waals surface area contributed by atoms with E-state index in [1.165, 1.54) is 6.01 Å². The first-order chi connectivity index (χ1) is 3.68. The molecule has 0 aromatic carbocycles. The summed E-state index contributed by atoms with van der Waals surface area (Å²) >= 11 is 0. The van der Waals surface area contributed by atoms with Gasteiger partial charge in [0.05, 0.1) is 6.01 Å². The molecule has 0 radical (unpaired) electrons. The molecule has 0 fully saturated rings. The Morgan fingerprint density at radius 3 is 1.50 bits per heavy atom. The van der Waals surface area contributed by atoms with Crippen LogP contribution in [0.3, 0.4) is 0 Å². The van der Waals surface area contributed by atoms with Gasteiger partial charge in [-0.15, -0.1) is 0 Å². The van der Waals surface area contributed by atoms with Crippen molar-refractivity contribution in [3.05, 3.63) is 0 Å². The lowest BCUT2D eigenvalue weighted by atomic mass is 10.7. The van der Waals surface area contributed by atoms with E-state index in [1.54, 1.807) is 0 Å². The van der Waals surface area contributed by atoms with Crippen molar-refractivity contribution < 1.29 is 0 Å². The number of hydrogen-bond acceptors (Lipinski definition) is 3. The van der Waals surface area contributed by atoms with Gasteiger partial charge in [-0.2, -0.15) is 0 Å². The van der Waals surface area contributed by atoms with Gasteiger partial charge in [0, 0.05) is 0 Å². The lowest BCUT2D eigenvalue weighted by molar-refractivity contribution is 0.434. The fourth-order valence-electron chi connectivity index (χ4n) is 0. The normalized spacial score (nSPS) is 7.00. The van der Waals surface area contributed by atoms with Crippen LogP contribution >= 0.6 is 0 Å². The van der Waals surface area contributed by atoms with Crippen LogP contribution < -0.4 is 0 Å². The third-order valence-corrected chi connectivity index (χ3v) is 0.632. The van der Waals surface area contributed by atoms with Gasteiger partial charge in [-0.3, -0.25) is 0 Å². The molecule has 0 bridgehead atoms. The maximum absolute atomic E-state index is 5.62. The second-order valence-electron chi connectivity index (χ2n) is 1.52. The summed E-state index contributed by atoms with van der Waals surface area (Å²) in [6.07, 6.45) is 0. The first-order valence-electron chi connectivity index (χ1n) is 2.42. The molecular formula is C5H13N3. The highest BCUT2D eigenvalue weighted by molar-refractivity contribution is 5.29. The van der Waals surface area contributed by atoms with Gasteiger partial charge in [-0.05, 0) is 20.6 Å². The van der Waals surface area contributed by atoms with Gasteiger partial charge in [0.15, 0.2) is 0 Å². The molecule has 8 heavy (non-hydrogen) atoms. The van der Waals surface area contributed by atoms with Crippen LogP contribution in [-0.4, -0.2) is 31.5 Å². The molecule has 2 N–H and O–H groups in total. The molecule has 0 unspecified atom stereocenters. The Balaban J connectivity index is 0. The molecule has 0 amide bonds. The second-order valence-corrected chi connectivity index (χ2v) is 1.52. The van der Waals surface area contributed by atoms with E-state index < -0.39 is 0 Å².